The summed E-state index contributed by atoms with van der Waals surface area (Å²) < 4.78 is 0. The first-order valence-corrected chi connectivity index (χ1v) is 17.6. The maximum absolute atomic E-state index is 4.00. The molecule has 7 aromatic rings. The molecule has 0 amide bonds. The van der Waals surface area contributed by atoms with E-state index in [0.29, 0.717) is 0 Å². The molecular formula is C48H38N2. The molecule has 2 heteroatoms. The second-order valence-electron chi connectivity index (χ2n) is 13.4. The minimum atomic E-state index is 0.0116. The summed E-state index contributed by atoms with van der Waals surface area (Å²) in [5, 5.41) is 10.6. The zero-order chi connectivity index (χ0) is 33.6. The van der Waals surface area contributed by atoms with Crippen molar-refractivity contribution in [1.82, 2.24) is 0 Å². The molecule has 2 unspecified atom stereocenters. The van der Waals surface area contributed by atoms with Crippen LogP contribution in [0.5, 0.6) is 0 Å². The van der Waals surface area contributed by atoms with E-state index >= 15 is 0 Å². The number of anilines is 3. The SMILES string of the molecule is C/C=C\C1=C(C)c2cccc3cc(Nc4ccc5c(c4-c4ccccc4)C(c4ccccc4)C(Nc4ccccc4)c4ccccc4-5)cc1c23. The maximum atomic E-state index is 4.00. The molecule has 2 nitrogen and oxygen atoms in total. The van der Waals surface area contributed by atoms with Crippen LogP contribution < -0.4 is 10.6 Å². The summed E-state index contributed by atoms with van der Waals surface area (Å²) >= 11 is 0. The van der Waals surface area contributed by atoms with E-state index in [9.17, 15) is 0 Å². The molecule has 7 aromatic carbocycles. The molecule has 9 rings (SSSR count). The van der Waals surface area contributed by atoms with E-state index in [-0.39, 0.29) is 12.0 Å². The third kappa shape index (κ3) is 4.95. The zero-order valence-electron chi connectivity index (χ0n) is 28.3. The van der Waals surface area contributed by atoms with Crippen molar-refractivity contribution in [2.45, 2.75) is 25.8 Å². The maximum Gasteiger partial charge on any atom is 0.0629 e. The molecular weight excluding hydrogens is 605 g/mol. The third-order valence-corrected chi connectivity index (χ3v) is 10.5. The lowest BCUT2D eigenvalue weighted by Gasteiger charge is -2.39. The Balaban J connectivity index is 1.29. The predicted octanol–water partition coefficient (Wildman–Crippen LogP) is 13.0. The van der Waals surface area contributed by atoms with Crippen LogP contribution in [0.1, 0.15) is 53.6 Å². The number of hydrogen-bond acceptors (Lipinski definition) is 2. The third-order valence-electron chi connectivity index (χ3n) is 10.5. The number of nitrogens with one attached hydrogen (secondary N) is 2. The Kier molecular flexibility index (Phi) is 7.43. The minimum absolute atomic E-state index is 0.0116. The average Bonchev–Trinajstić information content (AvgIpc) is 3.43. The fraction of sp³-hybridized carbons (Fsp3) is 0.0833. The normalized spacial score (nSPS) is 16.0. The van der Waals surface area contributed by atoms with Gasteiger partial charge >= 0.3 is 0 Å². The van der Waals surface area contributed by atoms with Gasteiger partial charge in [-0.25, -0.2) is 0 Å². The van der Waals surface area contributed by atoms with E-state index in [4.69, 9.17) is 0 Å². The molecule has 240 valence electrons. The second kappa shape index (κ2) is 12.4. The van der Waals surface area contributed by atoms with E-state index in [0.717, 1.165) is 17.1 Å². The summed E-state index contributed by atoms with van der Waals surface area (Å²) in [6.45, 7) is 4.35. The summed E-state index contributed by atoms with van der Waals surface area (Å²) in [6.07, 6.45) is 4.40. The first-order chi connectivity index (χ1) is 24.7. The molecule has 0 fully saturated rings. The standard InChI is InChI=1S/C48H38N2/c1-3-16-37-31(2)38-26-15-21-34-29-36(30-42(37)44(34)38)49-43-28-27-40-39-24-13-14-25-41(39)48(50-35-22-11-6-12-23-35)46(33-19-9-5-10-20-33)47(40)45(43)32-17-7-4-8-18-32/h3-30,46,48-50H,1-2H3/b16-3-. The molecule has 0 bridgehead atoms. The van der Waals surface area contributed by atoms with Crippen molar-refractivity contribution in [2.24, 2.45) is 0 Å². The number of para-hydroxylation sites is 1. The summed E-state index contributed by atoms with van der Waals surface area (Å²) in [5.41, 5.74) is 17.5. The van der Waals surface area contributed by atoms with E-state index < -0.39 is 0 Å². The average molecular weight is 643 g/mol. The fourth-order valence-corrected chi connectivity index (χ4v) is 8.36. The van der Waals surface area contributed by atoms with Crippen LogP contribution >= 0.6 is 0 Å². The molecule has 0 saturated heterocycles. The number of fused-ring (bicyclic) bond motifs is 3. The molecule has 0 heterocycles. The van der Waals surface area contributed by atoms with Gasteiger partial charge in [0.1, 0.15) is 0 Å². The van der Waals surface area contributed by atoms with Gasteiger partial charge in [-0.15, -0.1) is 0 Å². The van der Waals surface area contributed by atoms with Crippen molar-refractivity contribution in [2.75, 3.05) is 10.6 Å². The van der Waals surface area contributed by atoms with Gasteiger partial charge in [0.2, 0.25) is 0 Å². The van der Waals surface area contributed by atoms with Crippen LogP contribution in [0.2, 0.25) is 0 Å². The molecule has 0 aliphatic heterocycles. The van der Waals surface area contributed by atoms with E-state index in [2.05, 4.69) is 194 Å². The molecule has 0 aromatic heterocycles. The molecule has 2 atom stereocenters. The van der Waals surface area contributed by atoms with Crippen molar-refractivity contribution in [1.29, 1.82) is 0 Å². The summed E-state index contributed by atoms with van der Waals surface area (Å²) in [5.74, 6) is 0.0435. The molecule has 0 spiro atoms. The fourth-order valence-electron chi connectivity index (χ4n) is 8.36. The van der Waals surface area contributed by atoms with Crippen molar-refractivity contribution >= 4 is 39.0 Å². The highest BCUT2D eigenvalue weighted by atomic mass is 14.9. The van der Waals surface area contributed by atoms with Gasteiger partial charge in [-0.2, -0.15) is 0 Å². The van der Waals surface area contributed by atoms with E-state index in [1.165, 1.54) is 72.0 Å². The van der Waals surface area contributed by atoms with Gasteiger partial charge in [-0.3, -0.25) is 0 Å². The molecule has 0 saturated carbocycles. The van der Waals surface area contributed by atoms with Crippen molar-refractivity contribution < 1.29 is 0 Å². The monoisotopic (exact) mass is 642 g/mol. The first-order valence-electron chi connectivity index (χ1n) is 17.6. The highest BCUT2D eigenvalue weighted by molar-refractivity contribution is 6.16. The largest absolute Gasteiger partial charge is 0.377 e. The lowest BCUT2D eigenvalue weighted by molar-refractivity contribution is 0.664. The second-order valence-corrected chi connectivity index (χ2v) is 13.4. The van der Waals surface area contributed by atoms with Gasteiger partial charge in [-0.05, 0) is 111 Å². The lowest BCUT2D eigenvalue weighted by Crippen LogP contribution is -2.26. The first kappa shape index (κ1) is 30.0. The molecule has 2 aliphatic rings. The van der Waals surface area contributed by atoms with Gasteiger partial charge in [0.05, 0.1) is 6.04 Å². The van der Waals surface area contributed by atoms with E-state index in [1.54, 1.807) is 0 Å². The predicted molar refractivity (Wildman–Crippen MR) is 213 cm³/mol. The molecule has 2 N–H and O–H groups in total. The van der Waals surface area contributed by atoms with Crippen LogP contribution in [-0.4, -0.2) is 0 Å². The van der Waals surface area contributed by atoms with Crippen LogP contribution in [-0.2, 0) is 0 Å². The number of benzene rings is 7. The van der Waals surface area contributed by atoms with Gasteiger partial charge in [0, 0.05) is 28.5 Å². The van der Waals surface area contributed by atoms with Gasteiger partial charge in [0.25, 0.3) is 0 Å². The smallest absolute Gasteiger partial charge is 0.0629 e. The quantitative estimate of drug-likeness (QED) is 0.181. The summed E-state index contributed by atoms with van der Waals surface area (Å²) in [7, 11) is 0. The zero-order valence-corrected chi connectivity index (χ0v) is 28.3. The Hall–Kier alpha value is -6.12. The van der Waals surface area contributed by atoms with Gasteiger partial charge in [-0.1, -0.05) is 140 Å². The van der Waals surface area contributed by atoms with Crippen molar-refractivity contribution in [3.05, 3.63) is 198 Å². The van der Waals surface area contributed by atoms with E-state index in [1.807, 2.05) is 0 Å². The Labute approximate surface area is 294 Å². The number of rotatable bonds is 7. The number of hydrogen-bond donors (Lipinski definition) is 2. The lowest BCUT2D eigenvalue weighted by atomic mass is 9.69. The van der Waals surface area contributed by atoms with Crippen LogP contribution in [0.3, 0.4) is 0 Å². The molecule has 2 aliphatic carbocycles. The van der Waals surface area contributed by atoms with Crippen molar-refractivity contribution in [3.63, 3.8) is 0 Å². The van der Waals surface area contributed by atoms with Crippen LogP contribution in [0.4, 0.5) is 17.1 Å². The molecule has 50 heavy (non-hydrogen) atoms. The van der Waals surface area contributed by atoms with Gasteiger partial charge in [0.15, 0.2) is 0 Å². The topological polar surface area (TPSA) is 24.1 Å². The van der Waals surface area contributed by atoms with Crippen LogP contribution in [0.15, 0.2) is 170 Å². The minimum Gasteiger partial charge on any atom is -0.377 e. The highest BCUT2D eigenvalue weighted by Crippen LogP contribution is 2.55. The van der Waals surface area contributed by atoms with Crippen molar-refractivity contribution in [3.8, 4) is 22.3 Å². The summed E-state index contributed by atoms with van der Waals surface area (Å²) in [6, 6.07) is 57.5. The Morgan fingerprint density at radius 1 is 0.580 bits per heavy atom. The van der Waals surface area contributed by atoms with Crippen LogP contribution in [0, 0.1) is 0 Å². The Morgan fingerprint density at radius 3 is 2.06 bits per heavy atom. The Morgan fingerprint density at radius 2 is 1.28 bits per heavy atom. The summed E-state index contributed by atoms with van der Waals surface area (Å²) in [4.78, 5) is 0. The Bertz CT molecular complexity index is 2440. The van der Waals surface area contributed by atoms with Crippen LogP contribution in [0.25, 0.3) is 44.2 Å². The van der Waals surface area contributed by atoms with Gasteiger partial charge < -0.3 is 10.6 Å². The molecule has 0 radical (unpaired) electrons. The highest BCUT2D eigenvalue weighted by Gasteiger charge is 2.37. The number of allylic oxidation sites excluding steroid dienone is 4.